The molecule has 0 aliphatic carbocycles. The van der Waals surface area contributed by atoms with E-state index in [-0.39, 0.29) is 11.8 Å². The maximum absolute atomic E-state index is 11.1. The van der Waals surface area contributed by atoms with E-state index in [4.69, 9.17) is 5.73 Å². The highest BCUT2D eigenvalue weighted by Crippen LogP contribution is 2.12. The zero-order valence-electron chi connectivity index (χ0n) is 8.50. The van der Waals surface area contributed by atoms with Gasteiger partial charge in [0.25, 0.3) is 0 Å². The Morgan fingerprint density at radius 2 is 2.07 bits per heavy atom. The summed E-state index contributed by atoms with van der Waals surface area (Å²) in [4.78, 5) is 21.5. The number of hydrogen-bond donors (Lipinski definition) is 3. The predicted molar refractivity (Wildman–Crippen MR) is 57.6 cm³/mol. The highest BCUT2D eigenvalue weighted by atomic mass is 32.2. The number of nitrogens with two attached hydrogens (primary N) is 1. The van der Waals surface area contributed by atoms with E-state index in [0.29, 0.717) is 17.5 Å². The lowest BCUT2D eigenvalue weighted by molar-refractivity contribution is -0.126. The van der Waals surface area contributed by atoms with Crippen LogP contribution in [0, 0.1) is 0 Å². The van der Waals surface area contributed by atoms with E-state index >= 15 is 0 Å². The second-order valence-corrected chi connectivity index (χ2v) is 4.36. The van der Waals surface area contributed by atoms with Crippen molar-refractivity contribution in [2.75, 3.05) is 12.3 Å². The summed E-state index contributed by atoms with van der Waals surface area (Å²) in [5.41, 5.74) is 9.88. The van der Waals surface area contributed by atoms with Crippen molar-refractivity contribution in [3.63, 3.8) is 0 Å². The molecule has 0 aliphatic rings. The lowest BCUT2D eigenvalue weighted by Gasteiger charge is -2.09. The van der Waals surface area contributed by atoms with Crippen LogP contribution in [0.3, 0.4) is 0 Å². The van der Waals surface area contributed by atoms with Crippen molar-refractivity contribution in [3.05, 3.63) is 0 Å². The van der Waals surface area contributed by atoms with Crippen molar-refractivity contribution in [1.82, 2.24) is 10.9 Å². The molecule has 0 saturated heterocycles. The lowest BCUT2D eigenvalue weighted by atomic mass is 10.3. The molecule has 5 nitrogen and oxygen atoms in total. The molecule has 0 aromatic heterocycles. The van der Waals surface area contributed by atoms with Gasteiger partial charge in [-0.15, -0.1) is 11.8 Å². The number of hydrazine groups is 1. The van der Waals surface area contributed by atoms with Gasteiger partial charge in [0.1, 0.15) is 0 Å². The first-order valence-electron chi connectivity index (χ1n) is 4.43. The van der Waals surface area contributed by atoms with Crippen LogP contribution in [0.25, 0.3) is 0 Å². The molecule has 0 bridgehead atoms. The normalized spacial score (nSPS) is 11.9. The molecular weight excluding hydrogens is 202 g/mol. The van der Waals surface area contributed by atoms with Gasteiger partial charge in [-0.05, 0) is 13.0 Å². The molecule has 0 fully saturated rings. The molecule has 0 aromatic carbocycles. The van der Waals surface area contributed by atoms with E-state index in [1.807, 2.05) is 6.92 Å². The SMILES string of the molecule is CC(=O)NNC(=O)CSC(C)CCN. The van der Waals surface area contributed by atoms with Crippen LogP contribution < -0.4 is 16.6 Å². The summed E-state index contributed by atoms with van der Waals surface area (Å²) >= 11 is 1.52. The standard InChI is InChI=1S/C8H17N3O2S/c1-6(3-4-9)14-5-8(13)11-10-7(2)12/h6H,3-5,9H2,1-2H3,(H,10,12)(H,11,13). The molecule has 0 radical (unpaired) electrons. The Hall–Kier alpha value is -0.750. The highest BCUT2D eigenvalue weighted by molar-refractivity contribution is 8.00. The van der Waals surface area contributed by atoms with Crippen LogP contribution in [0.5, 0.6) is 0 Å². The minimum Gasteiger partial charge on any atom is -0.330 e. The summed E-state index contributed by atoms with van der Waals surface area (Å²) in [6, 6.07) is 0. The zero-order chi connectivity index (χ0) is 11.0. The fourth-order valence-electron chi connectivity index (χ4n) is 0.730. The van der Waals surface area contributed by atoms with Gasteiger partial charge in [0.15, 0.2) is 0 Å². The third kappa shape index (κ3) is 7.88. The highest BCUT2D eigenvalue weighted by Gasteiger charge is 2.06. The first kappa shape index (κ1) is 13.2. The van der Waals surface area contributed by atoms with Crippen LogP contribution >= 0.6 is 11.8 Å². The van der Waals surface area contributed by atoms with Crippen molar-refractivity contribution < 1.29 is 9.59 Å². The minimum atomic E-state index is -0.279. The molecule has 14 heavy (non-hydrogen) atoms. The van der Waals surface area contributed by atoms with Crippen molar-refractivity contribution in [3.8, 4) is 0 Å². The Kier molecular flexibility index (Phi) is 7.23. The number of carbonyl (C=O) groups excluding carboxylic acids is 2. The Labute approximate surface area is 88.1 Å². The minimum absolute atomic E-state index is 0.200. The Morgan fingerprint density at radius 1 is 1.43 bits per heavy atom. The first-order chi connectivity index (χ1) is 6.56. The van der Waals surface area contributed by atoms with Crippen molar-refractivity contribution in [2.24, 2.45) is 5.73 Å². The summed E-state index contributed by atoms with van der Waals surface area (Å²) in [5, 5.41) is 0.364. The quantitative estimate of drug-likeness (QED) is 0.551. The van der Waals surface area contributed by atoms with Gasteiger partial charge in [0, 0.05) is 12.2 Å². The summed E-state index contributed by atoms with van der Waals surface area (Å²) in [7, 11) is 0. The van der Waals surface area contributed by atoms with Crippen molar-refractivity contribution in [2.45, 2.75) is 25.5 Å². The Morgan fingerprint density at radius 3 is 2.57 bits per heavy atom. The molecule has 0 rings (SSSR count). The van der Waals surface area contributed by atoms with E-state index in [9.17, 15) is 9.59 Å². The van der Waals surface area contributed by atoms with Crippen LogP contribution in [-0.4, -0.2) is 29.4 Å². The van der Waals surface area contributed by atoms with Gasteiger partial charge in [0.2, 0.25) is 11.8 Å². The number of hydrogen-bond acceptors (Lipinski definition) is 4. The molecule has 0 saturated carbocycles. The summed E-state index contributed by atoms with van der Waals surface area (Å²) in [6.07, 6.45) is 0.887. The van der Waals surface area contributed by atoms with E-state index in [2.05, 4.69) is 10.9 Å². The number of thioether (sulfide) groups is 1. The summed E-state index contributed by atoms with van der Waals surface area (Å²) in [6.45, 7) is 3.98. The average Bonchev–Trinajstić information content (AvgIpc) is 2.12. The van der Waals surface area contributed by atoms with Crippen molar-refractivity contribution in [1.29, 1.82) is 0 Å². The number of nitrogens with one attached hydrogen (secondary N) is 2. The molecule has 82 valence electrons. The molecule has 1 atom stereocenters. The van der Waals surface area contributed by atoms with Gasteiger partial charge in [-0.25, -0.2) is 0 Å². The number of amides is 2. The number of rotatable bonds is 5. The zero-order valence-corrected chi connectivity index (χ0v) is 9.32. The Balaban J connectivity index is 3.48. The molecule has 4 N–H and O–H groups in total. The Bertz CT molecular complexity index is 199. The van der Waals surface area contributed by atoms with E-state index in [0.717, 1.165) is 6.42 Å². The average molecular weight is 219 g/mol. The van der Waals surface area contributed by atoms with Crippen LogP contribution in [0.15, 0.2) is 0 Å². The van der Waals surface area contributed by atoms with Crippen LogP contribution in [0.4, 0.5) is 0 Å². The largest absolute Gasteiger partial charge is 0.330 e. The second-order valence-electron chi connectivity index (χ2n) is 2.93. The predicted octanol–water partition coefficient (Wildman–Crippen LogP) is -0.376. The topological polar surface area (TPSA) is 84.2 Å². The van der Waals surface area contributed by atoms with Gasteiger partial charge < -0.3 is 5.73 Å². The maximum Gasteiger partial charge on any atom is 0.248 e. The van der Waals surface area contributed by atoms with Gasteiger partial charge in [0.05, 0.1) is 5.75 Å². The fourth-order valence-corrected chi connectivity index (χ4v) is 1.54. The molecule has 1 unspecified atom stereocenters. The van der Waals surface area contributed by atoms with Gasteiger partial charge in [-0.2, -0.15) is 0 Å². The third-order valence-electron chi connectivity index (χ3n) is 1.45. The van der Waals surface area contributed by atoms with Crippen molar-refractivity contribution >= 4 is 23.6 Å². The molecule has 0 aliphatic heterocycles. The van der Waals surface area contributed by atoms with Gasteiger partial charge >= 0.3 is 0 Å². The maximum atomic E-state index is 11.1. The van der Waals surface area contributed by atoms with E-state index < -0.39 is 0 Å². The molecular formula is C8H17N3O2S. The van der Waals surface area contributed by atoms with E-state index in [1.165, 1.54) is 18.7 Å². The van der Waals surface area contributed by atoms with Crippen LogP contribution in [0.2, 0.25) is 0 Å². The fraction of sp³-hybridized carbons (Fsp3) is 0.750. The molecule has 2 amide bonds. The smallest absolute Gasteiger partial charge is 0.248 e. The lowest BCUT2D eigenvalue weighted by Crippen LogP contribution is -2.41. The van der Waals surface area contributed by atoms with Gasteiger partial charge in [-0.3, -0.25) is 20.4 Å². The number of carbonyl (C=O) groups is 2. The van der Waals surface area contributed by atoms with E-state index in [1.54, 1.807) is 0 Å². The van der Waals surface area contributed by atoms with Crippen LogP contribution in [0.1, 0.15) is 20.3 Å². The summed E-state index contributed by atoms with van der Waals surface area (Å²) in [5.74, 6) is -0.144. The molecule has 6 heteroatoms. The summed E-state index contributed by atoms with van der Waals surface area (Å²) < 4.78 is 0. The van der Waals surface area contributed by atoms with Crippen LogP contribution in [-0.2, 0) is 9.59 Å². The molecule has 0 spiro atoms. The van der Waals surface area contributed by atoms with Gasteiger partial charge in [-0.1, -0.05) is 6.92 Å². The third-order valence-corrected chi connectivity index (χ3v) is 2.68. The first-order valence-corrected chi connectivity index (χ1v) is 5.48. The monoisotopic (exact) mass is 219 g/mol. The second kappa shape index (κ2) is 7.64. The molecule has 0 aromatic rings. The molecule has 0 heterocycles.